The normalized spacial score (nSPS) is 11.2. The second kappa shape index (κ2) is 4.93. The molecule has 6 heteroatoms. The predicted molar refractivity (Wildman–Crippen MR) is 61.1 cm³/mol. The first kappa shape index (κ1) is 10.9. The lowest BCUT2D eigenvalue weighted by Gasteiger charge is -2.04. The third kappa shape index (κ3) is 2.69. The predicted octanol–water partition coefficient (Wildman–Crippen LogP) is 1.36. The Morgan fingerprint density at radius 2 is 2.18 bits per heavy atom. The summed E-state index contributed by atoms with van der Waals surface area (Å²) in [6.45, 7) is 0. The fraction of sp³-hybridized carbons (Fsp3) is 0. The van der Waals surface area contributed by atoms with E-state index in [0.29, 0.717) is 17.2 Å². The number of rotatable bonds is 3. The van der Waals surface area contributed by atoms with Crippen LogP contribution < -0.4 is 10.5 Å². The molecule has 86 valence electrons. The van der Waals surface area contributed by atoms with Crippen LogP contribution >= 0.6 is 0 Å². The maximum Gasteiger partial charge on any atom is 0.219 e. The zero-order chi connectivity index (χ0) is 12.1. The highest BCUT2D eigenvalue weighted by Gasteiger charge is 2.02. The molecule has 0 atom stereocenters. The molecule has 0 aliphatic heterocycles. The van der Waals surface area contributed by atoms with Crippen molar-refractivity contribution in [1.29, 1.82) is 0 Å². The van der Waals surface area contributed by atoms with E-state index in [2.05, 4.69) is 15.1 Å². The van der Waals surface area contributed by atoms with Gasteiger partial charge in [0.15, 0.2) is 5.84 Å². The molecule has 0 amide bonds. The van der Waals surface area contributed by atoms with Gasteiger partial charge in [0.2, 0.25) is 5.88 Å². The Balaban J connectivity index is 2.14. The molecule has 0 aliphatic carbocycles. The molecular formula is C11H10N4O2. The number of hydrogen-bond acceptors (Lipinski definition) is 5. The average Bonchev–Trinajstić information content (AvgIpc) is 2.40. The lowest BCUT2D eigenvalue weighted by atomic mass is 10.3. The summed E-state index contributed by atoms with van der Waals surface area (Å²) >= 11 is 0. The van der Waals surface area contributed by atoms with E-state index in [0.717, 1.165) is 0 Å². The van der Waals surface area contributed by atoms with Crippen LogP contribution in [0.3, 0.4) is 0 Å². The number of pyridine rings is 2. The summed E-state index contributed by atoms with van der Waals surface area (Å²) in [5.74, 6) is 1.01. The second-order valence-corrected chi connectivity index (χ2v) is 3.16. The molecule has 2 aromatic rings. The molecule has 17 heavy (non-hydrogen) atoms. The molecule has 0 radical (unpaired) electrons. The van der Waals surface area contributed by atoms with Gasteiger partial charge in [0.25, 0.3) is 0 Å². The minimum absolute atomic E-state index is 0.00503. The van der Waals surface area contributed by atoms with Crippen LogP contribution in [0, 0.1) is 0 Å². The first-order chi connectivity index (χ1) is 8.29. The van der Waals surface area contributed by atoms with E-state index >= 15 is 0 Å². The van der Waals surface area contributed by atoms with Gasteiger partial charge >= 0.3 is 0 Å². The Morgan fingerprint density at radius 1 is 1.29 bits per heavy atom. The van der Waals surface area contributed by atoms with E-state index in [1.807, 2.05) is 0 Å². The molecule has 2 heterocycles. The van der Waals surface area contributed by atoms with Gasteiger partial charge in [-0.1, -0.05) is 5.16 Å². The largest absolute Gasteiger partial charge is 0.437 e. The van der Waals surface area contributed by atoms with Crippen LogP contribution in [-0.4, -0.2) is 21.0 Å². The number of ether oxygens (including phenoxy) is 1. The van der Waals surface area contributed by atoms with Gasteiger partial charge in [-0.25, -0.2) is 4.98 Å². The van der Waals surface area contributed by atoms with Gasteiger partial charge in [0, 0.05) is 24.0 Å². The summed E-state index contributed by atoms with van der Waals surface area (Å²) in [4.78, 5) is 7.94. The Bertz CT molecular complexity index is 511. The Kier molecular flexibility index (Phi) is 3.15. The van der Waals surface area contributed by atoms with Crippen molar-refractivity contribution < 1.29 is 9.94 Å². The van der Waals surface area contributed by atoms with E-state index in [1.54, 1.807) is 36.7 Å². The third-order valence-corrected chi connectivity index (χ3v) is 2.00. The molecule has 0 spiro atoms. The van der Waals surface area contributed by atoms with E-state index in [1.165, 1.54) is 6.20 Å². The fourth-order valence-electron chi connectivity index (χ4n) is 1.18. The van der Waals surface area contributed by atoms with Crippen molar-refractivity contribution in [2.45, 2.75) is 0 Å². The molecule has 0 unspecified atom stereocenters. The number of hydrogen-bond donors (Lipinski definition) is 2. The van der Waals surface area contributed by atoms with E-state index in [-0.39, 0.29) is 5.84 Å². The van der Waals surface area contributed by atoms with Gasteiger partial charge in [-0.05, 0) is 18.2 Å². The Hall–Kier alpha value is -2.63. The molecule has 0 saturated heterocycles. The number of nitrogens with two attached hydrogens (primary N) is 1. The average molecular weight is 230 g/mol. The highest BCUT2D eigenvalue weighted by molar-refractivity contribution is 5.96. The van der Waals surface area contributed by atoms with E-state index < -0.39 is 0 Å². The molecule has 6 nitrogen and oxygen atoms in total. The monoisotopic (exact) mass is 230 g/mol. The van der Waals surface area contributed by atoms with Crippen molar-refractivity contribution in [2.75, 3.05) is 0 Å². The van der Waals surface area contributed by atoms with Gasteiger partial charge in [-0.15, -0.1) is 0 Å². The molecule has 3 N–H and O–H groups in total. The number of amidine groups is 1. The number of nitrogens with zero attached hydrogens (tertiary/aromatic N) is 3. The summed E-state index contributed by atoms with van der Waals surface area (Å²) in [6, 6.07) is 6.81. The van der Waals surface area contributed by atoms with Crippen LogP contribution in [0.25, 0.3) is 0 Å². The van der Waals surface area contributed by atoms with Crippen LogP contribution in [-0.2, 0) is 0 Å². The molecule has 0 saturated carbocycles. The topological polar surface area (TPSA) is 93.6 Å². The van der Waals surface area contributed by atoms with Crippen molar-refractivity contribution in [1.82, 2.24) is 9.97 Å². The summed E-state index contributed by atoms with van der Waals surface area (Å²) in [7, 11) is 0. The maximum atomic E-state index is 8.49. The Labute approximate surface area is 97.4 Å². The first-order valence-electron chi connectivity index (χ1n) is 4.81. The van der Waals surface area contributed by atoms with Crippen LogP contribution in [0.1, 0.15) is 5.56 Å². The molecular weight excluding hydrogens is 220 g/mol. The Morgan fingerprint density at radius 3 is 2.76 bits per heavy atom. The SMILES string of the molecule is N/C(=N\O)c1ccc(Oc2cccnc2)nc1. The van der Waals surface area contributed by atoms with Gasteiger partial charge in [-0.2, -0.15) is 0 Å². The zero-order valence-electron chi connectivity index (χ0n) is 8.82. The summed E-state index contributed by atoms with van der Waals surface area (Å²) in [5, 5.41) is 11.4. The molecule has 2 rings (SSSR count). The van der Waals surface area contributed by atoms with Gasteiger partial charge in [0.05, 0.1) is 6.20 Å². The lowest BCUT2D eigenvalue weighted by Crippen LogP contribution is -2.13. The van der Waals surface area contributed by atoms with Crippen molar-refractivity contribution in [2.24, 2.45) is 10.9 Å². The second-order valence-electron chi connectivity index (χ2n) is 3.16. The highest BCUT2D eigenvalue weighted by Crippen LogP contribution is 2.17. The maximum absolute atomic E-state index is 8.49. The van der Waals surface area contributed by atoms with Crippen molar-refractivity contribution in [3.63, 3.8) is 0 Å². The van der Waals surface area contributed by atoms with Gasteiger partial charge in [-0.3, -0.25) is 4.98 Å². The number of aromatic nitrogens is 2. The van der Waals surface area contributed by atoms with Gasteiger partial charge < -0.3 is 15.7 Å². The molecule has 0 fully saturated rings. The molecule has 0 aliphatic rings. The fourth-order valence-corrected chi connectivity index (χ4v) is 1.18. The smallest absolute Gasteiger partial charge is 0.219 e. The zero-order valence-corrected chi connectivity index (χ0v) is 8.82. The highest BCUT2D eigenvalue weighted by atomic mass is 16.5. The minimum atomic E-state index is 0.00503. The molecule has 2 aromatic heterocycles. The van der Waals surface area contributed by atoms with Gasteiger partial charge in [0.1, 0.15) is 5.75 Å². The quantitative estimate of drug-likeness (QED) is 0.359. The van der Waals surface area contributed by atoms with Crippen molar-refractivity contribution >= 4 is 5.84 Å². The third-order valence-electron chi connectivity index (χ3n) is 2.00. The molecule has 0 bridgehead atoms. The standard InChI is InChI=1S/C11H10N4O2/c12-11(15-16)8-3-4-10(14-6-8)17-9-2-1-5-13-7-9/h1-7,16H,(H2,12,15). The summed E-state index contributed by atoms with van der Waals surface area (Å²) in [5.41, 5.74) is 5.93. The summed E-state index contributed by atoms with van der Waals surface area (Å²) in [6.07, 6.45) is 4.70. The van der Waals surface area contributed by atoms with Crippen LogP contribution in [0.15, 0.2) is 48.0 Å². The molecule has 0 aromatic carbocycles. The number of oxime groups is 1. The first-order valence-corrected chi connectivity index (χ1v) is 4.81. The van der Waals surface area contributed by atoms with E-state index in [4.69, 9.17) is 15.7 Å². The summed E-state index contributed by atoms with van der Waals surface area (Å²) < 4.78 is 5.43. The lowest BCUT2D eigenvalue weighted by molar-refractivity contribution is 0.318. The van der Waals surface area contributed by atoms with Crippen LogP contribution in [0.5, 0.6) is 11.6 Å². The minimum Gasteiger partial charge on any atom is -0.437 e. The van der Waals surface area contributed by atoms with E-state index in [9.17, 15) is 0 Å². The van der Waals surface area contributed by atoms with Crippen molar-refractivity contribution in [3.8, 4) is 11.6 Å². The van der Waals surface area contributed by atoms with Crippen LogP contribution in [0.4, 0.5) is 0 Å². The van der Waals surface area contributed by atoms with Crippen molar-refractivity contribution in [3.05, 3.63) is 48.4 Å². The van der Waals surface area contributed by atoms with Crippen LogP contribution in [0.2, 0.25) is 0 Å².